The number of ketones is 1. The van der Waals surface area contributed by atoms with Crippen molar-refractivity contribution in [2.45, 2.75) is 122 Å². The zero-order valence-electron chi connectivity index (χ0n) is 29.1. The Morgan fingerprint density at radius 1 is 0.469 bits per heavy atom. The van der Waals surface area contributed by atoms with Gasteiger partial charge in [-0.15, -0.1) is 0 Å². The van der Waals surface area contributed by atoms with Crippen molar-refractivity contribution in [1.82, 2.24) is 10.6 Å². The number of ether oxygens (including phenoxy) is 4. The maximum absolute atomic E-state index is 12.2. The highest BCUT2D eigenvalue weighted by atomic mass is 16.5. The molecule has 0 aromatic carbocycles. The zero-order valence-corrected chi connectivity index (χ0v) is 29.1. The molecule has 15 nitrogen and oxygen atoms in total. The van der Waals surface area contributed by atoms with Crippen LogP contribution in [0.5, 0.6) is 0 Å². The molecule has 0 heterocycles. The number of aliphatic carboxylic acids is 3. The van der Waals surface area contributed by atoms with Gasteiger partial charge in [0, 0.05) is 38.8 Å². The highest BCUT2D eigenvalue weighted by molar-refractivity contribution is 5.84. The molecule has 0 spiro atoms. The number of rotatable bonds is 37. The van der Waals surface area contributed by atoms with Crippen molar-refractivity contribution in [1.29, 1.82) is 0 Å². The van der Waals surface area contributed by atoms with Crippen LogP contribution in [0.1, 0.15) is 116 Å². The third-order valence-electron chi connectivity index (χ3n) is 7.41. The van der Waals surface area contributed by atoms with Gasteiger partial charge in [0.15, 0.2) is 0 Å². The van der Waals surface area contributed by atoms with E-state index in [-0.39, 0.29) is 102 Å². The van der Waals surface area contributed by atoms with Gasteiger partial charge in [-0.25, -0.2) is 9.59 Å². The largest absolute Gasteiger partial charge is 0.481 e. The smallest absolute Gasteiger partial charge is 0.329 e. The zero-order chi connectivity index (χ0) is 36.4. The molecule has 2 amide bonds. The van der Waals surface area contributed by atoms with E-state index in [0.29, 0.717) is 19.4 Å². The second-order valence-corrected chi connectivity index (χ2v) is 11.8. The van der Waals surface area contributed by atoms with E-state index in [1.54, 1.807) is 0 Å². The lowest BCUT2D eigenvalue weighted by molar-refractivity contribution is -0.143. The second-order valence-electron chi connectivity index (χ2n) is 11.8. The monoisotopic (exact) mass is 704 g/mol. The molecular formula is C34H60N2O13. The molecule has 0 aromatic rings. The maximum Gasteiger partial charge on any atom is 0.329 e. The fraction of sp³-hybridized carbons (Fsp3) is 0.824. The predicted octanol–water partition coefficient (Wildman–Crippen LogP) is 3.50. The van der Waals surface area contributed by atoms with Gasteiger partial charge in [-0.05, 0) is 25.7 Å². The summed E-state index contributed by atoms with van der Waals surface area (Å²) in [6.07, 6.45) is 13.7. The van der Waals surface area contributed by atoms with Gasteiger partial charge in [-0.1, -0.05) is 64.2 Å². The number of hydrogen-bond donors (Lipinski definition) is 5. The molecule has 0 aliphatic heterocycles. The van der Waals surface area contributed by atoms with Gasteiger partial charge in [0.1, 0.15) is 25.0 Å². The van der Waals surface area contributed by atoms with Gasteiger partial charge in [0.05, 0.1) is 33.0 Å². The van der Waals surface area contributed by atoms with Crippen LogP contribution >= 0.6 is 0 Å². The number of unbranched alkanes of at least 4 members (excludes halogenated alkanes) is 11. The van der Waals surface area contributed by atoms with Crippen LogP contribution < -0.4 is 10.6 Å². The first-order valence-electron chi connectivity index (χ1n) is 17.7. The third kappa shape index (κ3) is 34.5. The Hall–Kier alpha value is -3.14. The first-order valence-corrected chi connectivity index (χ1v) is 17.7. The molecule has 0 aromatic heterocycles. The van der Waals surface area contributed by atoms with Crippen molar-refractivity contribution in [2.75, 3.05) is 59.4 Å². The molecule has 0 aliphatic rings. The fourth-order valence-corrected chi connectivity index (χ4v) is 4.73. The molecule has 0 bridgehead atoms. The van der Waals surface area contributed by atoms with Gasteiger partial charge >= 0.3 is 17.9 Å². The first kappa shape index (κ1) is 45.9. The van der Waals surface area contributed by atoms with Crippen molar-refractivity contribution in [2.24, 2.45) is 0 Å². The van der Waals surface area contributed by atoms with Crippen molar-refractivity contribution in [3.8, 4) is 0 Å². The third-order valence-corrected chi connectivity index (χ3v) is 7.41. The summed E-state index contributed by atoms with van der Waals surface area (Å²) in [7, 11) is 0. The van der Waals surface area contributed by atoms with Gasteiger partial charge in [0.25, 0.3) is 0 Å². The Balaban J connectivity index is 3.68. The first-order chi connectivity index (χ1) is 23.6. The standard InChI is InChI=1S/C34H60N2O13/c37-28(14-13-20-46-22-24-48-26-31(39)35-19-21-47-23-25-49-27-33(42)43)17-18-29(34(44)45)36-30(38)15-11-9-7-5-3-1-2-4-6-8-10-12-16-32(40)41/h29H,1-27H2,(H,35,39)(H,36,38)(H,40,41)(H,42,43)(H,44,45)/t29-/m0/s1. The lowest BCUT2D eigenvalue weighted by Crippen LogP contribution is -2.41. The number of Topliss-reactive ketones (excluding diaryl/α,β-unsaturated/α-hetero) is 1. The van der Waals surface area contributed by atoms with Crippen LogP contribution in [-0.2, 0) is 47.7 Å². The lowest BCUT2D eigenvalue weighted by atomic mass is 10.0. The van der Waals surface area contributed by atoms with Crippen molar-refractivity contribution < 1.29 is 63.0 Å². The van der Waals surface area contributed by atoms with Gasteiger partial charge in [-0.3, -0.25) is 19.2 Å². The van der Waals surface area contributed by atoms with Crippen molar-refractivity contribution in [3.05, 3.63) is 0 Å². The van der Waals surface area contributed by atoms with E-state index in [2.05, 4.69) is 10.6 Å². The predicted molar refractivity (Wildman–Crippen MR) is 179 cm³/mol. The summed E-state index contributed by atoms with van der Waals surface area (Å²) in [5.74, 6) is -3.68. The lowest BCUT2D eigenvalue weighted by Gasteiger charge is -2.14. The summed E-state index contributed by atoms with van der Waals surface area (Å²) in [6.45, 7) is 1.11. The van der Waals surface area contributed by atoms with Crippen LogP contribution in [0, 0.1) is 0 Å². The van der Waals surface area contributed by atoms with E-state index in [0.717, 1.165) is 51.4 Å². The van der Waals surface area contributed by atoms with Gasteiger partial charge in [0.2, 0.25) is 11.8 Å². The molecule has 284 valence electrons. The van der Waals surface area contributed by atoms with Crippen LogP contribution in [0.3, 0.4) is 0 Å². The van der Waals surface area contributed by atoms with Crippen molar-refractivity contribution in [3.63, 3.8) is 0 Å². The Bertz CT molecular complexity index is 917. The molecule has 15 heteroatoms. The summed E-state index contributed by atoms with van der Waals surface area (Å²) < 4.78 is 20.6. The van der Waals surface area contributed by atoms with Crippen LogP contribution in [0.4, 0.5) is 0 Å². The topological polar surface area (TPSA) is 224 Å². The molecule has 1 atom stereocenters. The molecule has 0 fully saturated rings. The molecule has 0 aliphatic carbocycles. The average molecular weight is 705 g/mol. The summed E-state index contributed by atoms with van der Waals surface area (Å²) in [6, 6.07) is -1.10. The van der Waals surface area contributed by atoms with Crippen LogP contribution in [0.2, 0.25) is 0 Å². The number of carbonyl (C=O) groups is 6. The van der Waals surface area contributed by atoms with Crippen molar-refractivity contribution >= 4 is 35.5 Å². The van der Waals surface area contributed by atoms with Crippen LogP contribution in [-0.4, -0.2) is 116 Å². The molecule has 0 saturated heterocycles. The normalized spacial score (nSPS) is 11.6. The quantitative estimate of drug-likeness (QED) is 0.0585. The Morgan fingerprint density at radius 2 is 0.980 bits per heavy atom. The minimum absolute atomic E-state index is 0.0341. The molecule has 0 saturated carbocycles. The number of hydrogen-bond acceptors (Lipinski definition) is 10. The number of amides is 2. The van der Waals surface area contributed by atoms with E-state index in [1.165, 1.54) is 19.3 Å². The number of nitrogens with one attached hydrogen (secondary N) is 2. The molecule has 0 rings (SSSR count). The molecule has 49 heavy (non-hydrogen) atoms. The van der Waals surface area contributed by atoms with Crippen LogP contribution in [0.15, 0.2) is 0 Å². The maximum atomic E-state index is 12.2. The van der Waals surface area contributed by atoms with E-state index in [9.17, 15) is 33.9 Å². The highest BCUT2D eigenvalue weighted by Gasteiger charge is 2.20. The molecule has 0 unspecified atom stereocenters. The number of carbonyl (C=O) groups excluding carboxylic acids is 3. The SMILES string of the molecule is O=C(O)CCCCCCCCCCCCCCC(=O)N[C@@H](CCC(=O)CCCOCCOCC(=O)NCCOCCOCC(=O)O)C(=O)O. The highest BCUT2D eigenvalue weighted by Crippen LogP contribution is 2.13. The van der Waals surface area contributed by atoms with E-state index < -0.39 is 23.9 Å². The minimum atomic E-state index is -1.16. The molecular weight excluding hydrogens is 644 g/mol. The average Bonchev–Trinajstić information content (AvgIpc) is 3.05. The van der Waals surface area contributed by atoms with E-state index >= 15 is 0 Å². The number of carboxylic acid groups (broad SMARTS) is 3. The minimum Gasteiger partial charge on any atom is -0.481 e. The number of carboxylic acids is 3. The summed E-state index contributed by atoms with van der Waals surface area (Å²) >= 11 is 0. The molecule has 5 N–H and O–H groups in total. The summed E-state index contributed by atoms with van der Waals surface area (Å²) in [5.41, 5.74) is 0. The fourth-order valence-electron chi connectivity index (χ4n) is 4.73. The van der Waals surface area contributed by atoms with Gasteiger partial charge in [-0.2, -0.15) is 0 Å². The second kappa shape index (κ2) is 33.4. The van der Waals surface area contributed by atoms with Gasteiger partial charge < -0.3 is 44.9 Å². The van der Waals surface area contributed by atoms with Crippen LogP contribution in [0.25, 0.3) is 0 Å². The van der Waals surface area contributed by atoms with E-state index in [1.807, 2.05) is 0 Å². The molecule has 0 radical (unpaired) electrons. The Labute approximate surface area is 290 Å². The van der Waals surface area contributed by atoms with E-state index in [4.69, 9.17) is 29.2 Å². The summed E-state index contributed by atoms with van der Waals surface area (Å²) in [4.78, 5) is 68.5. The summed E-state index contributed by atoms with van der Waals surface area (Å²) in [5, 5.41) is 31.7. The Kier molecular flexibility index (Phi) is 31.2. The Morgan fingerprint density at radius 3 is 1.53 bits per heavy atom.